The van der Waals surface area contributed by atoms with Crippen molar-refractivity contribution in [2.24, 2.45) is 0 Å². The molecule has 0 N–H and O–H groups in total. The summed E-state index contributed by atoms with van der Waals surface area (Å²) in [6.45, 7) is 1.94. The van der Waals surface area contributed by atoms with Crippen LogP contribution in [0, 0.1) is 0 Å². The molecule has 3 rings (SSSR count). The molecule has 132 valence electrons. The van der Waals surface area contributed by atoms with E-state index in [0.29, 0.717) is 18.7 Å². The van der Waals surface area contributed by atoms with Crippen molar-refractivity contribution in [2.45, 2.75) is 25.6 Å². The van der Waals surface area contributed by atoms with Gasteiger partial charge in [0.05, 0.1) is 19.8 Å². The van der Waals surface area contributed by atoms with Gasteiger partial charge in [-0.05, 0) is 48.7 Å². The van der Waals surface area contributed by atoms with Crippen molar-refractivity contribution in [3.8, 4) is 5.75 Å². The van der Waals surface area contributed by atoms with E-state index in [4.69, 9.17) is 9.47 Å². The van der Waals surface area contributed by atoms with Gasteiger partial charge < -0.3 is 14.4 Å². The zero-order chi connectivity index (χ0) is 17.6. The Labute approximate surface area is 156 Å². The molecular weight excluding hydrogens is 382 g/mol. The van der Waals surface area contributed by atoms with E-state index in [2.05, 4.69) is 15.9 Å². The van der Waals surface area contributed by atoms with Crippen LogP contribution in [0.25, 0.3) is 0 Å². The Morgan fingerprint density at radius 3 is 2.88 bits per heavy atom. The number of ether oxygens (including phenoxy) is 2. The first-order valence-corrected chi connectivity index (χ1v) is 9.24. The molecule has 1 fully saturated rings. The standard InChI is InChI=1S/C20H22BrNO3/c1-24-18-8-2-5-15(11-18)14-25-19-9-4-10-22(13-19)20(23)16-6-3-7-17(21)12-16/h2-3,5-8,11-12,19H,4,9-10,13-14H2,1H3/t19-/m0/s1. The van der Waals surface area contributed by atoms with Crippen molar-refractivity contribution in [3.05, 3.63) is 64.1 Å². The highest BCUT2D eigenvalue weighted by Gasteiger charge is 2.25. The molecule has 5 heteroatoms. The number of hydrogen-bond acceptors (Lipinski definition) is 3. The van der Waals surface area contributed by atoms with Crippen LogP contribution in [0.15, 0.2) is 53.0 Å². The van der Waals surface area contributed by atoms with Crippen molar-refractivity contribution in [2.75, 3.05) is 20.2 Å². The van der Waals surface area contributed by atoms with Crippen molar-refractivity contribution in [3.63, 3.8) is 0 Å². The molecular formula is C20H22BrNO3. The van der Waals surface area contributed by atoms with Crippen LogP contribution in [0.1, 0.15) is 28.8 Å². The van der Waals surface area contributed by atoms with Crippen LogP contribution in [0.3, 0.4) is 0 Å². The summed E-state index contributed by atoms with van der Waals surface area (Å²) in [5, 5.41) is 0. The predicted molar refractivity (Wildman–Crippen MR) is 101 cm³/mol. The first-order chi connectivity index (χ1) is 12.2. The maximum absolute atomic E-state index is 12.7. The van der Waals surface area contributed by atoms with Gasteiger partial charge in [-0.15, -0.1) is 0 Å². The van der Waals surface area contributed by atoms with Crippen molar-refractivity contribution < 1.29 is 14.3 Å². The Kier molecular flexibility index (Phi) is 6.10. The predicted octanol–water partition coefficient (Wildman–Crippen LogP) is 4.28. The van der Waals surface area contributed by atoms with E-state index in [9.17, 15) is 4.79 Å². The number of nitrogens with zero attached hydrogens (tertiary/aromatic N) is 1. The molecule has 0 unspecified atom stereocenters. The Bertz CT molecular complexity index is 734. The second-order valence-electron chi connectivity index (χ2n) is 6.19. The molecule has 25 heavy (non-hydrogen) atoms. The van der Waals surface area contributed by atoms with Crippen LogP contribution >= 0.6 is 15.9 Å². The van der Waals surface area contributed by atoms with Crippen LogP contribution in [-0.2, 0) is 11.3 Å². The van der Waals surface area contributed by atoms with Gasteiger partial charge in [-0.2, -0.15) is 0 Å². The van der Waals surface area contributed by atoms with Crippen LogP contribution < -0.4 is 4.74 Å². The van der Waals surface area contributed by atoms with Gasteiger partial charge in [0.2, 0.25) is 0 Å². The topological polar surface area (TPSA) is 38.8 Å². The van der Waals surface area contributed by atoms with E-state index in [1.807, 2.05) is 53.4 Å². The number of benzene rings is 2. The minimum Gasteiger partial charge on any atom is -0.497 e. The molecule has 0 aliphatic carbocycles. The summed E-state index contributed by atoms with van der Waals surface area (Å²) in [6, 6.07) is 15.4. The maximum Gasteiger partial charge on any atom is 0.253 e. The summed E-state index contributed by atoms with van der Waals surface area (Å²) in [6.07, 6.45) is 2.01. The summed E-state index contributed by atoms with van der Waals surface area (Å²) in [4.78, 5) is 14.6. The van der Waals surface area contributed by atoms with Gasteiger partial charge in [-0.3, -0.25) is 4.79 Å². The highest BCUT2D eigenvalue weighted by molar-refractivity contribution is 9.10. The lowest BCUT2D eigenvalue weighted by Gasteiger charge is -2.32. The minimum absolute atomic E-state index is 0.0657. The first-order valence-electron chi connectivity index (χ1n) is 8.45. The van der Waals surface area contributed by atoms with E-state index < -0.39 is 0 Å². The van der Waals surface area contributed by atoms with Gasteiger partial charge >= 0.3 is 0 Å². The average Bonchev–Trinajstić information content (AvgIpc) is 2.66. The quantitative estimate of drug-likeness (QED) is 0.747. The maximum atomic E-state index is 12.7. The van der Waals surface area contributed by atoms with Crippen LogP contribution in [0.5, 0.6) is 5.75 Å². The number of amides is 1. The number of rotatable bonds is 5. The van der Waals surface area contributed by atoms with Gasteiger partial charge in [0.1, 0.15) is 5.75 Å². The molecule has 4 nitrogen and oxygen atoms in total. The highest BCUT2D eigenvalue weighted by Crippen LogP contribution is 2.20. The Morgan fingerprint density at radius 1 is 1.24 bits per heavy atom. The van der Waals surface area contributed by atoms with E-state index >= 15 is 0 Å². The highest BCUT2D eigenvalue weighted by atomic mass is 79.9. The zero-order valence-corrected chi connectivity index (χ0v) is 15.9. The SMILES string of the molecule is COc1cccc(CO[C@H]2CCCN(C(=O)c3cccc(Br)c3)C2)c1. The summed E-state index contributed by atoms with van der Waals surface area (Å²) >= 11 is 3.42. The molecule has 0 spiro atoms. The molecule has 2 aromatic carbocycles. The molecule has 0 aromatic heterocycles. The Hall–Kier alpha value is -1.85. The van der Waals surface area contributed by atoms with E-state index in [1.165, 1.54) is 0 Å². The van der Waals surface area contributed by atoms with Crippen LogP contribution in [0.4, 0.5) is 0 Å². The van der Waals surface area contributed by atoms with Crippen LogP contribution in [-0.4, -0.2) is 37.1 Å². The summed E-state index contributed by atoms with van der Waals surface area (Å²) in [5.41, 5.74) is 1.79. The molecule has 1 saturated heterocycles. The third-order valence-electron chi connectivity index (χ3n) is 4.36. The first kappa shape index (κ1) is 18.0. The van der Waals surface area contributed by atoms with Crippen molar-refractivity contribution in [1.29, 1.82) is 0 Å². The van der Waals surface area contributed by atoms with Gasteiger partial charge in [0.25, 0.3) is 5.91 Å². The lowest BCUT2D eigenvalue weighted by atomic mass is 10.1. The Balaban J connectivity index is 1.58. The summed E-state index contributed by atoms with van der Waals surface area (Å²) in [7, 11) is 1.66. The number of halogens is 1. The number of methoxy groups -OCH3 is 1. The van der Waals surface area contributed by atoms with Gasteiger partial charge in [-0.1, -0.05) is 34.1 Å². The van der Waals surface area contributed by atoms with Gasteiger partial charge in [0.15, 0.2) is 0 Å². The number of likely N-dealkylation sites (tertiary alicyclic amines) is 1. The van der Waals surface area contributed by atoms with Crippen molar-refractivity contribution >= 4 is 21.8 Å². The summed E-state index contributed by atoms with van der Waals surface area (Å²) in [5.74, 6) is 0.896. The number of carbonyl (C=O) groups is 1. The summed E-state index contributed by atoms with van der Waals surface area (Å²) < 4.78 is 12.2. The molecule has 0 bridgehead atoms. The molecule has 1 atom stereocenters. The lowest BCUT2D eigenvalue weighted by Crippen LogP contribution is -2.43. The van der Waals surface area contributed by atoms with Gasteiger partial charge in [-0.25, -0.2) is 0 Å². The van der Waals surface area contributed by atoms with E-state index in [-0.39, 0.29) is 12.0 Å². The third-order valence-corrected chi connectivity index (χ3v) is 4.85. The number of hydrogen-bond donors (Lipinski definition) is 0. The second-order valence-corrected chi connectivity index (χ2v) is 7.10. The molecule has 1 heterocycles. The fourth-order valence-corrected chi connectivity index (χ4v) is 3.44. The number of carbonyl (C=O) groups excluding carboxylic acids is 1. The molecule has 0 radical (unpaired) electrons. The second kappa shape index (κ2) is 8.50. The monoisotopic (exact) mass is 403 g/mol. The molecule has 1 aliphatic rings. The van der Waals surface area contributed by atoms with E-state index in [0.717, 1.165) is 35.2 Å². The number of piperidine rings is 1. The molecule has 2 aromatic rings. The zero-order valence-electron chi connectivity index (χ0n) is 14.3. The molecule has 1 amide bonds. The fraction of sp³-hybridized carbons (Fsp3) is 0.350. The average molecular weight is 404 g/mol. The normalized spacial score (nSPS) is 17.4. The van der Waals surface area contributed by atoms with Crippen molar-refractivity contribution in [1.82, 2.24) is 4.90 Å². The minimum atomic E-state index is 0.0657. The third kappa shape index (κ3) is 4.83. The van der Waals surface area contributed by atoms with Gasteiger partial charge in [0, 0.05) is 23.1 Å². The largest absolute Gasteiger partial charge is 0.497 e. The Morgan fingerprint density at radius 2 is 2.08 bits per heavy atom. The van der Waals surface area contributed by atoms with E-state index in [1.54, 1.807) is 7.11 Å². The van der Waals surface area contributed by atoms with Crippen LogP contribution in [0.2, 0.25) is 0 Å². The lowest BCUT2D eigenvalue weighted by molar-refractivity contribution is -0.00677. The molecule has 1 aliphatic heterocycles. The smallest absolute Gasteiger partial charge is 0.253 e. The fourth-order valence-electron chi connectivity index (χ4n) is 3.04. The molecule has 0 saturated carbocycles.